The van der Waals surface area contributed by atoms with E-state index in [1.807, 2.05) is 72.5 Å². The summed E-state index contributed by atoms with van der Waals surface area (Å²) in [5.41, 5.74) is 5.34. The fourth-order valence-corrected chi connectivity index (χ4v) is 4.99. The molecule has 35 heavy (non-hydrogen) atoms. The minimum atomic E-state index is -0.574. The van der Waals surface area contributed by atoms with Gasteiger partial charge in [0, 0.05) is 19.0 Å². The van der Waals surface area contributed by atoms with E-state index in [0.29, 0.717) is 13.0 Å². The van der Waals surface area contributed by atoms with Crippen molar-refractivity contribution < 1.29 is 9.59 Å². The number of hydrogen-bond acceptors (Lipinski definition) is 2. The lowest BCUT2D eigenvalue weighted by Gasteiger charge is -2.33. The van der Waals surface area contributed by atoms with E-state index in [-0.39, 0.29) is 24.3 Å². The Labute approximate surface area is 209 Å². The van der Waals surface area contributed by atoms with Crippen molar-refractivity contribution in [3.05, 3.63) is 107 Å². The maximum atomic E-state index is 13.9. The van der Waals surface area contributed by atoms with E-state index in [2.05, 4.69) is 30.4 Å². The molecule has 3 aromatic carbocycles. The standard InChI is InChI=1S/C31H36N2O2/c1-23-11-10-15-26(19-23)21-30(34)33(22-27-16-7-6-12-24(27)2)29(20-25-13-4-3-5-14-25)31(35)32-28-17-8-9-18-28/h3-7,10-16,19,28-29H,8-9,17-18,20-22H2,1-2H3,(H,32,35)/t29-/m1/s1. The van der Waals surface area contributed by atoms with Crippen molar-refractivity contribution in [2.24, 2.45) is 0 Å². The van der Waals surface area contributed by atoms with Crippen LogP contribution in [0.1, 0.15) is 53.5 Å². The van der Waals surface area contributed by atoms with Crippen LogP contribution in [0.3, 0.4) is 0 Å². The second kappa shape index (κ2) is 11.8. The van der Waals surface area contributed by atoms with Gasteiger partial charge in [-0.3, -0.25) is 9.59 Å². The van der Waals surface area contributed by atoms with Crippen molar-refractivity contribution in [1.29, 1.82) is 0 Å². The second-order valence-electron chi connectivity index (χ2n) is 9.81. The Morgan fingerprint density at radius 3 is 2.29 bits per heavy atom. The molecule has 0 saturated heterocycles. The summed E-state index contributed by atoms with van der Waals surface area (Å²) >= 11 is 0. The van der Waals surface area contributed by atoms with Crippen molar-refractivity contribution in [1.82, 2.24) is 10.2 Å². The van der Waals surface area contributed by atoms with Gasteiger partial charge in [0.05, 0.1) is 6.42 Å². The molecule has 4 nitrogen and oxygen atoms in total. The van der Waals surface area contributed by atoms with Gasteiger partial charge in [-0.15, -0.1) is 0 Å². The van der Waals surface area contributed by atoms with Gasteiger partial charge in [0.25, 0.3) is 0 Å². The molecular weight excluding hydrogens is 432 g/mol. The van der Waals surface area contributed by atoms with E-state index in [4.69, 9.17) is 0 Å². The highest BCUT2D eigenvalue weighted by Gasteiger charge is 2.32. The first-order valence-corrected chi connectivity index (χ1v) is 12.7. The Hall–Kier alpha value is -3.40. The highest BCUT2D eigenvalue weighted by molar-refractivity contribution is 5.89. The number of nitrogens with zero attached hydrogens (tertiary/aromatic N) is 1. The predicted molar refractivity (Wildman–Crippen MR) is 141 cm³/mol. The second-order valence-corrected chi connectivity index (χ2v) is 9.81. The highest BCUT2D eigenvalue weighted by Crippen LogP contribution is 2.21. The lowest BCUT2D eigenvalue weighted by Crippen LogP contribution is -2.52. The third kappa shape index (κ3) is 6.82. The van der Waals surface area contributed by atoms with Gasteiger partial charge in [0.1, 0.15) is 6.04 Å². The zero-order chi connectivity index (χ0) is 24.6. The molecule has 182 valence electrons. The summed E-state index contributed by atoms with van der Waals surface area (Å²) < 4.78 is 0. The topological polar surface area (TPSA) is 49.4 Å². The van der Waals surface area contributed by atoms with Crippen LogP contribution in [0.5, 0.6) is 0 Å². The van der Waals surface area contributed by atoms with Crippen LogP contribution >= 0.6 is 0 Å². The number of hydrogen-bond donors (Lipinski definition) is 1. The number of carbonyl (C=O) groups is 2. The summed E-state index contributed by atoms with van der Waals surface area (Å²) in [4.78, 5) is 29.4. The molecule has 0 spiro atoms. The van der Waals surface area contributed by atoms with Crippen LogP contribution in [0.2, 0.25) is 0 Å². The number of carbonyl (C=O) groups excluding carboxylic acids is 2. The number of amides is 2. The normalized spacial score (nSPS) is 14.5. The fourth-order valence-electron chi connectivity index (χ4n) is 4.99. The van der Waals surface area contributed by atoms with E-state index >= 15 is 0 Å². The van der Waals surface area contributed by atoms with Crippen LogP contribution in [0.15, 0.2) is 78.9 Å². The lowest BCUT2D eigenvalue weighted by atomic mass is 9.99. The molecule has 0 radical (unpaired) electrons. The van der Waals surface area contributed by atoms with Crippen molar-refractivity contribution >= 4 is 11.8 Å². The summed E-state index contributed by atoms with van der Waals surface area (Å²) in [6, 6.07) is 25.8. The molecule has 3 aromatic rings. The van der Waals surface area contributed by atoms with E-state index < -0.39 is 6.04 Å². The molecule has 1 fully saturated rings. The van der Waals surface area contributed by atoms with Gasteiger partial charge in [0.2, 0.25) is 11.8 Å². The Kier molecular flexibility index (Phi) is 8.36. The first-order valence-electron chi connectivity index (χ1n) is 12.7. The van der Waals surface area contributed by atoms with Gasteiger partial charge >= 0.3 is 0 Å². The predicted octanol–water partition coefficient (Wildman–Crippen LogP) is 5.54. The van der Waals surface area contributed by atoms with Crippen molar-refractivity contribution in [3.8, 4) is 0 Å². The quantitative estimate of drug-likeness (QED) is 0.448. The first-order chi connectivity index (χ1) is 17.0. The van der Waals surface area contributed by atoms with E-state index in [1.165, 1.54) is 0 Å². The summed E-state index contributed by atoms with van der Waals surface area (Å²) in [6.07, 6.45) is 5.08. The molecule has 0 aliphatic heterocycles. The zero-order valence-corrected chi connectivity index (χ0v) is 20.9. The Morgan fingerprint density at radius 2 is 1.57 bits per heavy atom. The van der Waals surface area contributed by atoms with E-state index in [0.717, 1.165) is 53.5 Å². The SMILES string of the molecule is Cc1cccc(CC(=O)N(Cc2ccccc2C)[C@H](Cc2ccccc2)C(=O)NC2CCCC2)c1. The van der Waals surface area contributed by atoms with Crippen LogP contribution in [-0.4, -0.2) is 28.8 Å². The molecular formula is C31H36N2O2. The van der Waals surface area contributed by atoms with Crippen LogP contribution < -0.4 is 5.32 Å². The van der Waals surface area contributed by atoms with Gasteiger partial charge in [-0.1, -0.05) is 97.3 Å². The molecule has 0 heterocycles. The van der Waals surface area contributed by atoms with Crippen molar-refractivity contribution in [3.63, 3.8) is 0 Å². The molecule has 4 rings (SSSR count). The van der Waals surface area contributed by atoms with Gasteiger partial charge in [-0.05, 0) is 48.9 Å². The third-order valence-corrected chi connectivity index (χ3v) is 7.01. The zero-order valence-electron chi connectivity index (χ0n) is 20.9. The minimum Gasteiger partial charge on any atom is -0.352 e. The molecule has 1 N–H and O–H groups in total. The summed E-state index contributed by atoms with van der Waals surface area (Å²) in [6.45, 7) is 4.50. The highest BCUT2D eigenvalue weighted by atomic mass is 16.2. The molecule has 4 heteroatoms. The maximum Gasteiger partial charge on any atom is 0.243 e. The van der Waals surface area contributed by atoms with Gasteiger partial charge in [0.15, 0.2) is 0 Å². The Morgan fingerprint density at radius 1 is 0.886 bits per heavy atom. The van der Waals surface area contributed by atoms with Gasteiger partial charge in [-0.25, -0.2) is 0 Å². The largest absolute Gasteiger partial charge is 0.352 e. The van der Waals surface area contributed by atoms with Gasteiger partial charge < -0.3 is 10.2 Å². The first kappa shape index (κ1) is 24.7. The Bertz CT molecular complexity index is 1140. The smallest absolute Gasteiger partial charge is 0.243 e. The van der Waals surface area contributed by atoms with Crippen LogP contribution in [0.4, 0.5) is 0 Å². The van der Waals surface area contributed by atoms with Crippen LogP contribution in [0.25, 0.3) is 0 Å². The molecule has 1 saturated carbocycles. The van der Waals surface area contributed by atoms with E-state index in [1.54, 1.807) is 0 Å². The van der Waals surface area contributed by atoms with Crippen molar-refractivity contribution in [2.75, 3.05) is 0 Å². The van der Waals surface area contributed by atoms with E-state index in [9.17, 15) is 9.59 Å². The molecule has 2 amide bonds. The summed E-state index contributed by atoms with van der Waals surface area (Å²) in [5, 5.41) is 3.28. The molecule has 0 bridgehead atoms. The summed E-state index contributed by atoms with van der Waals surface area (Å²) in [5.74, 6) is -0.0757. The summed E-state index contributed by atoms with van der Waals surface area (Å²) in [7, 11) is 0. The molecule has 0 aromatic heterocycles. The van der Waals surface area contributed by atoms with Crippen LogP contribution in [-0.2, 0) is 29.0 Å². The van der Waals surface area contributed by atoms with Crippen LogP contribution in [0, 0.1) is 13.8 Å². The molecule has 1 aliphatic carbocycles. The average molecular weight is 469 g/mol. The molecule has 0 unspecified atom stereocenters. The average Bonchev–Trinajstić information content (AvgIpc) is 3.36. The number of aryl methyl sites for hydroxylation is 2. The minimum absolute atomic E-state index is 0.0265. The Balaban J connectivity index is 1.67. The van der Waals surface area contributed by atoms with Crippen molar-refractivity contribution in [2.45, 2.75) is 71.0 Å². The lowest BCUT2D eigenvalue weighted by molar-refractivity contribution is -0.141. The number of benzene rings is 3. The molecule has 1 aliphatic rings. The fraction of sp³-hybridized carbons (Fsp3) is 0.355. The van der Waals surface area contributed by atoms with Gasteiger partial charge in [-0.2, -0.15) is 0 Å². The third-order valence-electron chi connectivity index (χ3n) is 7.01. The number of rotatable bonds is 9. The monoisotopic (exact) mass is 468 g/mol. The number of nitrogens with one attached hydrogen (secondary N) is 1. The maximum absolute atomic E-state index is 13.9. The molecule has 1 atom stereocenters.